The lowest BCUT2D eigenvalue weighted by Gasteiger charge is -2.19. The molecule has 4 nitrogen and oxygen atoms in total. The first kappa shape index (κ1) is 12.9. The van der Waals surface area contributed by atoms with Crippen molar-refractivity contribution in [1.29, 1.82) is 0 Å². The van der Waals surface area contributed by atoms with Crippen LogP contribution >= 0.6 is 0 Å². The lowest BCUT2D eigenvalue weighted by molar-refractivity contribution is -0.147. The van der Waals surface area contributed by atoms with Crippen molar-refractivity contribution in [2.75, 3.05) is 13.2 Å². The molecule has 0 aromatic heterocycles. The molecule has 0 spiro atoms. The molecule has 1 heterocycles. The Hall–Kier alpha value is -0.160. The van der Waals surface area contributed by atoms with Gasteiger partial charge in [0.1, 0.15) is 6.10 Å². The number of aliphatic hydroxyl groups excluding tert-OH is 1. The van der Waals surface area contributed by atoms with Crippen molar-refractivity contribution < 1.29 is 19.3 Å². The molecular weight excluding hydrogens is 196 g/mol. The van der Waals surface area contributed by atoms with Gasteiger partial charge in [-0.25, -0.2) is 0 Å². The van der Waals surface area contributed by atoms with Gasteiger partial charge in [0.15, 0.2) is 6.29 Å². The van der Waals surface area contributed by atoms with Crippen molar-refractivity contribution in [3.8, 4) is 0 Å². The Kier molecular flexibility index (Phi) is 4.52. The highest BCUT2D eigenvalue weighted by Gasteiger charge is 2.55. The molecule has 1 N–H and O–H groups in total. The summed E-state index contributed by atoms with van der Waals surface area (Å²) in [4.78, 5) is 0. The minimum absolute atomic E-state index is 0.0825. The predicted molar refractivity (Wildman–Crippen MR) is 56.6 cm³/mol. The molecule has 0 radical (unpaired) electrons. The van der Waals surface area contributed by atoms with Crippen molar-refractivity contribution in [2.45, 2.75) is 58.2 Å². The summed E-state index contributed by atoms with van der Waals surface area (Å²) in [5.41, 5.74) is -0.289. The second kappa shape index (κ2) is 5.25. The van der Waals surface area contributed by atoms with E-state index >= 15 is 0 Å². The maximum absolute atomic E-state index is 9.39. The van der Waals surface area contributed by atoms with Gasteiger partial charge in [-0.2, -0.15) is 0 Å². The topological polar surface area (TPSA) is 51.2 Å². The van der Waals surface area contributed by atoms with E-state index in [1.807, 2.05) is 20.8 Å². The molecule has 1 rings (SSSR count). The number of hydrogen-bond donors (Lipinski definition) is 1. The predicted octanol–water partition coefficient (Wildman–Crippen LogP) is 1.31. The van der Waals surface area contributed by atoms with Gasteiger partial charge in [0.05, 0.1) is 11.7 Å². The molecule has 0 unspecified atom stereocenters. The van der Waals surface area contributed by atoms with E-state index in [9.17, 15) is 5.11 Å². The first-order chi connectivity index (χ1) is 7.03. The van der Waals surface area contributed by atoms with Crippen LogP contribution in [0.5, 0.6) is 0 Å². The molecule has 0 bridgehead atoms. The molecule has 4 heteroatoms. The van der Waals surface area contributed by atoms with Crippen LogP contribution in [-0.2, 0) is 14.2 Å². The quantitative estimate of drug-likeness (QED) is 0.517. The second-order valence-electron chi connectivity index (χ2n) is 4.14. The van der Waals surface area contributed by atoms with Crippen LogP contribution in [0.15, 0.2) is 0 Å². The average Bonchev–Trinajstić information content (AvgIpc) is 2.79. The molecule has 90 valence electrons. The van der Waals surface area contributed by atoms with Crippen LogP contribution in [0, 0.1) is 0 Å². The number of rotatable bonds is 7. The van der Waals surface area contributed by atoms with E-state index in [0.29, 0.717) is 19.6 Å². The summed E-state index contributed by atoms with van der Waals surface area (Å²) in [6.45, 7) is 8.85. The van der Waals surface area contributed by atoms with Crippen LogP contribution in [0.3, 0.4) is 0 Å². The van der Waals surface area contributed by atoms with Gasteiger partial charge >= 0.3 is 0 Å². The Labute approximate surface area is 91.5 Å². The highest BCUT2D eigenvalue weighted by Crippen LogP contribution is 2.42. The number of ether oxygens (including phenoxy) is 3. The average molecular weight is 218 g/mol. The zero-order valence-electron chi connectivity index (χ0n) is 10.0. The third kappa shape index (κ3) is 3.41. The van der Waals surface area contributed by atoms with E-state index in [1.54, 1.807) is 6.92 Å². The van der Waals surface area contributed by atoms with E-state index < -0.39 is 6.10 Å². The molecule has 0 aliphatic carbocycles. The van der Waals surface area contributed by atoms with Crippen molar-refractivity contribution >= 4 is 0 Å². The van der Waals surface area contributed by atoms with Crippen molar-refractivity contribution in [3.63, 3.8) is 0 Å². The first-order valence-corrected chi connectivity index (χ1v) is 5.62. The highest BCUT2D eigenvalue weighted by atomic mass is 16.7. The van der Waals surface area contributed by atoms with Gasteiger partial charge in [0.25, 0.3) is 0 Å². The molecule has 0 aromatic carbocycles. The summed E-state index contributed by atoms with van der Waals surface area (Å²) >= 11 is 0. The molecule has 0 amide bonds. The smallest absolute Gasteiger partial charge is 0.160 e. The Morgan fingerprint density at radius 1 is 1.33 bits per heavy atom. The van der Waals surface area contributed by atoms with Crippen LogP contribution in [0.4, 0.5) is 0 Å². The Bertz CT molecular complexity index is 189. The van der Waals surface area contributed by atoms with Gasteiger partial charge < -0.3 is 19.3 Å². The summed E-state index contributed by atoms with van der Waals surface area (Å²) in [5, 5.41) is 9.39. The molecule has 15 heavy (non-hydrogen) atoms. The Morgan fingerprint density at radius 2 is 1.87 bits per heavy atom. The molecule has 0 aromatic rings. The maximum atomic E-state index is 9.39. The lowest BCUT2D eigenvalue weighted by Crippen LogP contribution is -2.28. The summed E-state index contributed by atoms with van der Waals surface area (Å²) in [6.07, 6.45) is -0.0712. The van der Waals surface area contributed by atoms with Gasteiger partial charge in [0.2, 0.25) is 0 Å². The van der Waals surface area contributed by atoms with Crippen LogP contribution in [-0.4, -0.2) is 42.4 Å². The molecule has 1 saturated heterocycles. The zero-order chi connectivity index (χ0) is 11.5. The molecule has 1 aliphatic heterocycles. The monoisotopic (exact) mass is 218 g/mol. The summed E-state index contributed by atoms with van der Waals surface area (Å²) in [7, 11) is 0. The summed E-state index contributed by atoms with van der Waals surface area (Å²) in [6, 6.07) is 0. The zero-order valence-corrected chi connectivity index (χ0v) is 10.0. The summed E-state index contributed by atoms with van der Waals surface area (Å²) < 4.78 is 16.4. The fraction of sp³-hybridized carbons (Fsp3) is 1.00. The number of hydrogen-bond acceptors (Lipinski definition) is 4. The third-order valence-electron chi connectivity index (χ3n) is 2.66. The molecule has 1 aliphatic rings. The van der Waals surface area contributed by atoms with Crippen molar-refractivity contribution in [1.82, 2.24) is 0 Å². The van der Waals surface area contributed by atoms with Crippen molar-refractivity contribution in [2.24, 2.45) is 0 Å². The minimum atomic E-state index is -0.432. The van der Waals surface area contributed by atoms with Gasteiger partial charge in [-0.05, 0) is 27.7 Å². The standard InChI is InChI=1S/C11H22O4/c1-5-13-9(14-6-2)7-11(4)10(15-11)8(3)12/h8-10,12H,5-7H2,1-4H3/t8-,10+,11+/m1/s1. The molecule has 1 fully saturated rings. The van der Waals surface area contributed by atoms with Crippen molar-refractivity contribution in [3.05, 3.63) is 0 Å². The SMILES string of the molecule is CCOC(C[C@]1(C)O[C@H]1[C@@H](C)O)OCC. The van der Waals surface area contributed by atoms with Gasteiger partial charge in [0, 0.05) is 19.6 Å². The van der Waals surface area contributed by atoms with Crippen LogP contribution in [0.2, 0.25) is 0 Å². The fourth-order valence-electron chi connectivity index (χ4n) is 1.90. The molecule has 0 saturated carbocycles. The van der Waals surface area contributed by atoms with Crippen LogP contribution in [0.1, 0.15) is 34.1 Å². The largest absolute Gasteiger partial charge is 0.391 e. The van der Waals surface area contributed by atoms with Gasteiger partial charge in [-0.3, -0.25) is 0 Å². The van der Waals surface area contributed by atoms with E-state index in [0.717, 1.165) is 0 Å². The van der Waals surface area contributed by atoms with Gasteiger partial charge in [-0.15, -0.1) is 0 Å². The van der Waals surface area contributed by atoms with E-state index in [-0.39, 0.29) is 18.0 Å². The van der Waals surface area contributed by atoms with E-state index in [4.69, 9.17) is 14.2 Å². The first-order valence-electron chi connectivity index (χ1n) is 5.62. The normalized spacial score (nSPS) is 32.0. The Balaban J connectivity index is 2.38. The Morgan fingerprint density at radius 3 is 2.20 bits per heavy atom. The number of aliphatic hydroxyl groups is 1. The van der Waals surface area contributed by atoms with Crippen LogP contribution < -0.4 is 0 Å². The van der Waals surface area contributed by atoms with E-state index in [2.05, 4.69) is 0 Å². The third-order valence-corrected chi connectivity index (χ3v) is 2.66. The van der Waals surface area contributed by atoms with E-state index in [1.165, 1.54) is 0 Å². The number of epoxide rings is 1. The highest BCUT2D eigenvalue weighted by molar-refractivity contribution is 5.02. The lowest BCUT2D eigenvalue weighted by atomic mass is 10.0. The van der Waals surface area contributed by atoms with Crippen LogP contribution in [0.25, 0.3) is 0 Å². The molecular formula is C11H22O4. The maximum Gasteiger partial charge on any atom is 0.160 e. The van der Waals surface area contributed by atoms with Gasteiger partial charge in [-0.1, -0.05) is 0 Å². The second-order valence-corrected chi connectivity index (χ2v) is 4.14. The fourth-order valence-corrected chi connectivity index (χ4v) is 1.90. The molecule has 3 atom stereocenters. The minimum Gasteiger partial charge on any atom is -0.391 e. The summed E-state index contributed by atoms with van der Waals surface area (Å²) in [5.74, 6) is 0.